The summed E-state index contributed by atoms with van der Waals surface area (Å²) < 4.78 is 5.00. The summed E-state index contributed by atoms with van der Waals surface area (Å²) in [5.41, 5.74) is 0.955. The second kappa shape index (κ2) is 6.19. The van der Waals surface area contributed by atoms with Gasteiger partial charge in [-0.2, -0.15) is 0 Å². The molecule has 1 aromatic carbocycles. The lowest BCUT2D eigenvalue weighted by Gasteiger charge is -2.07. The van der Waals surface area contributed by atoms with Crippen molar-refractivity contribution in [2.24, 2.45) is 0 Å². The third kappa shape index (κ3) is 4.61. The monoisotopic (exact) mass is 208 g/mol. The van der Waals surface area contributed by atoms with Crippen molar-refractivity contribution < 1.29 is 14.6 Å². The van der Waals surface area contributed by atoms with Gasteiger partial charge in [-0.3, -0.25) is 4.79 Å². The number of hydrogen-bond acceptors (Lipinski definition) is 3. The summed E-state index contributed by atoms with van der Waals surface area (Å²) in [7, 11) is 0. The van der Waals surface area contributed by atoms with Gasteiger partial charge in [0.1, 0.15) is 6.61 Å². The maximum Gasteiger partial charge on any atom is 0.308 e. The van der Waals surface area contributed by atoms with Crippen LogP contribution in [-0.2, 0) is 16.1 Å². The minimum absolute atomic E-state index is 0.0728. The maximum atomic E-state index is 11.2. The van der Waals surface area contributed by atoms with Crippen LogP contribution in [0, 0.1) is 0 Å². The molecule has 1 aromatic rings. The van der Waals surface area contributed by atoms with Crippen LogP contribution in [0.5, 0.6) is 0 Å². The molecule has 0 aliphatic carbocycles. The van der Waals surface area contributed by atoms with E-state index >= 15 is 0 Å². The first-order valence-electron chi connectivity index (χ1n) is 5.10. The Kier molecular flexibility index (Phi) is 4.84. The molecular weight excluding hydrogens is 192 g/mol. The Morgan fingerprint density at radius 2 is 2.07 bits per heavy atom. The number of aliphatic hydroxyl groups is 1. The van der Waals surface area contributed by atoms with Crippen LogP contribution in [0.1, 0.15) is 25.3 Å². The highest BCUT2D eigenvalue weighted by Crippen LogP contribution is 2.04. The van der Waals surface area contributed by atoms with Gasteiger partial charge in [-0.1, -0.05) is 37.3 Å². The highest BCUT2D eigenvalue weighted by molar-refractivity contribution is 5.69. The lowest BCUT2D eigenvalue weighted by molar-refractivity contribution is -0.147. The molecule has 0 bridgehead atoms. The van der Waals surface area contributed by atoms with E-state index < -0.39 is 6.10 Å². The Hall–Kier alpha value is -1.35. The summed E-state index contributed by atoms with van der Waals surface area (Å²) in [5.74, 6) is -0.354. The molecule has 0 spiro atoms. The predicted octanol–water partition coefficient (Wildman–Crippen LogP) is 1.89. The Morgan fingerprint density at radius 3 is 2.67 bits per heavy atom. The first kappa shape index (κ1) is 11.7. The predicted molar refractivity (Wildman–Crippen MR) is 57.2 cm³/mol. The van der Waals surface area contributed by atoms with Gasteiger partial charge in [0.05, 0.1) is 12.5 Å². The van der Waals surface area contributed by atoms with Gasteiger partial charge in [-0.15, -0.1) is 0 Å². The van der Waals surface area contributed by atoms with Gasteiger partial charge in [-0.05, 0) is 12.0 Å². The van der Waals surface area contributed by atoms with Gasteiger partial charge in [-0.25, -0.2) is 0 Å². The second-order valence-electron chi connectivity index (χ2n) is 3.41. The number of carbonyl (C=O) groups is 1. The standard InChI is InChI=1S/C12H16O3/c1-2-11(13)8-12(14)15-9-10-6-4-3-5-7-10/h3-7,11,13H,2,8-9H2,1H3/t11-/m0/s1. The van der Waals surface area contributed by atoms with Gasteiger partial charge in [0.25, 0.3) is 0 Å². The molecule has 3 nitrogen and oxygen atoms in total. The van der Waals surface area contributed by atoms with Crippen molar-refractivity contribution in [1.82, 2.24) is 0 Å². The molecule has 0 heterocycles. The maximum absolute atomic E-state index is 11.2. The molecule has 1 N–H and O–H groups in total. The van der Waals surface area contributed by atoms with Crippen LogP contribution in [0.25, 0.3) is 0 Å². The molecule has 0 aliphatic rings. The number of esters is 1. The summed E-state index contributed by atoms with van der Waals surface area (Å²) in [6.45, 7) is 2.10. The van der Waals surface area contributed by atoms with Gasteiger partial charge in [0, 0.05) is 0 Å². The molecular formula is C12H16O3. The number of rotatable bonds is 5. The number of carbonyl (C=O) groups excluding carboxylic acids is 1. The van der Waals surface area contributed by atoms with Crippen molar-refractivity contribution in [3.05, 3.63) is 35.9 Å². The van der Waals surface area contributed by atoms with E-state index in [4.69, 9.17) is 4.74 Å². The van der Waals surface area contributed by atoms with Crippen molar-refractivity contribution in [2.75, 3.05) is 0 Å². The average Bonchev–Trinajstić information content (AvgIpc) is 2.27. The number of ether oxygens (including phenoxy) is 1. The summed E-state index contributed by atoms with van der Waals surface area (Å²) >= 11 is 0. The van der Waals surface area contributed by atoms with E-state index in [0.29, 0.717) is 6.42 Å². The zero-order chi connectivity index (χ0) is 11.1. The van der Waals surface area contributed by atoms with Gasteiger partial charge < -0.3 is 9.84 Å². The molecule has 0 amide bonds. The number of hydrogen-bond donors (Lipinski definition) is 1. The van der Waals surface area contributed by atoms with Crippen molar-refractivity contribution in [2.45, 2.75) is 32.5 Å². The van der Waals surface area contributed by atoms with Gasteiger partial charge in [0.15, 0.2) is 0 Å². The van der Waals surface area contributed by atoms with Gasteiger partial charge in [0.2, 0.25) is 0 Å². The van der Waals surface area contributed by atoms with E-state index in [2.05, 4.69) is 0 Å². The third-order valence-electron chi connectivity index (χ3n) is 2.12. The van der Waals surface area contributed by atoms with Crippen LogP contribution in [0.4, 0.5) is 0 Å². The van der Waals surface area contributed by atoms with E-state index in [0.717, 1.165) is 5.56 Å². The Morgan fingerprint density at radius 1 is 1.40 bits per heavy atom. The Balaban J connectivity index is 2.29. The Labute approximate surface area is 89.7 Å². The second-order valence-corrected chi connectivity index (χ2v) is 3.41. The fraction of sp³-hybridized carbons (Fsp3) is 0.417. The zero-order valence-electron chi connectivity index (χ0n) is 8.85. The molecule has 3 heteroatoms. The lowest BCUT2D eigenvalue weighted by Crippen LogP contribution is -2.14. The van der Waals surface area contributed by atoms with Crippen LogP contribution in [0.3, 0.4) is 0 Å². The SMILES string of the molecule is CC[C@H](O)CC(=O)OCc1ccccc1. The van der Waals surface area contributed by atoms with E-state index in [1.165, 1.54) is 0 Å². The summed E-state index contributed by atoms with van der Waals surface area (Å²) in [4.78, 5) is 11.2. The fourth-order valence-electron chi connectivity index (χ4n) is 1.13. The van der Waals surface area contributed by atoms with E-state index in [1.54, 1.807) is 0 Å². The topological polar surface area (TPSA) is 46.5 Å². The summed E-state index contributed by atoms with van der Waals surface area (Å²) in [6, 6.07) is 9.48. The quantitative estimate of drug-likeness (QED) is 0.752. The number of aliphatic hydroxyl groups excluding tert-OH is 1. The molecule has 0 saturated carbocycles. The first-order valence-corrected chi connectivity index (χ1v) is 5.10. The summed E-state index contributed by atoms with van der Waals surface area (Å²) in [6.07, 6.45) is 0.0531. The molecule has 15 heavy (non-hydrogen) atoms. The highest BCUT2D eigenvalue weighted by atomic mass is 16.5. The van der Waals surface area contributed by atoms with E-state index in [1.807, 2.05) is 37.3 Å². The van der Waals surface area contributed by atoms with Gasteiger partial charge >= 0.3 is 5.97 Å². The van der Waals surface area contributed by atoms with Crippen molar-refractivity contribution in [3.63, 3.8) is 0 Å². The van der Waals surface area contributed by atoms with Crippen LogP contribution in [0.15, 0.2) is 30.3 Å². The smallest absolute Gasteiger partial charge is 0.308 e. The van der Waals surface area contributed by atoms with Crippen molar-refractivity contribution in [3.8, 4) is 0 Å². The molecule has 1 rings (SSSR count). The van der Waals surface area contributed by atoms with Crippen LogP contribution in [0.2, 0.25) is 0 Å². The molecule has 0 saturated heterocycles. The van der Waals surface area contributed by atoms with Crippen LogP contribution < -0.4 is 0 Å². The minimum atomic E-state index is -0.590. The molecule has 1 atom stereocenters. The van der Waals surface area contributed by atoms with E-state index in [9.17, 15) is 9.90 Å². The molecule has 0 aliphatic heterocycles. The van der Waals surface area contributed by atoms with Crippen molar-refractivity contribution in [1.29, 1.82) is 0 Å². The minimum Gasteiger partial charge on any atom is -0.461 e. The zero-order valence-corrected chi connectivity index (χ0v) is 8.85. The Bertz CT molecular complexity index is 295. The normalized spacial score (nSPS) is 12.1. The molecule has 0 fully saturated rings. The average molecular weight is 208 g/mol. The fourth-order valence-corrected chi connectivity index (χ4v) is 1.13. The van der Waals surface area contributed by atoms with E-state index in [-0.39, 0.29) is 19.0 Å². The molecule has 82 valence electrons. The molecule has 0 unspecified atom stereocenters. The third-order valence-corrected chi connectivity index (χ3v) is 2.12. The van der Waals surface area contributed by atoms with Crippen LogP contribution >= 0.6 is 0 Å². The van der Waals surface area contributed by atoms with Crippen LogP contribution in [-0.4, -0.2) is 17.2 Å². The first-order chi connectivity index (χ1) is 7.22. The van der Waals surface area contributed by atoms with Crippen molar-refractivity contribution >= 4 is 5.97 Å². The largest absolute Gasteiger partial charge is 0.461 e. The number of benzene rings is 1. The molecule has 0 radical (unpaired) electrons. The summed E-state index contributed by atoms with van der Waals surface area (Å²) in [5, 5.41) is 9.22. The highest BCUT2D eigenvalue weighted by Gasteiger charge is 2.09. The lowest BCUT2D eigenvalue weighted by atomic mass is 10.2. The molecule has 0 aromatic heterocycles.